The van der Waals surface area contributed by atoms with Crippen LogP contribution in [0.1, 0.15) is 18.9 Å². The minimum Gasteiger partial charge on any atom is -0.323 e. The average Bonchev–Trinajstić information content (AvgIpc) is 3.28. The van der Waals surface area contributed by atoms with Crippen molar-refractivity contribution in [2.75, 3.05) is 11.1 Å². The molecule has 0 bridgehead atoms. The summed E-state index contributed by atoms with van der Waals surface area (Å²) in [6.45, 7) is 0. The van der Waals surface area contributed by atoms with Gasteiger partial charge in [-0.25, -0.2) is 4.39 Å². The van der Waals surface area contributed by atoms with Crippen LogP contribution >= 0.6 is 23.5 Å². The maximum Gasteiger partial charge on any atom is 0.234 e. The Morgan fingerprint density at radius 3 is 2.86 bits per heavy atom. The van der Waals surface area contributed by atoms with Gasteiger partial charge in [0.25, 0.3) is 0 Å². The van der Waals surface area contributed by atoms with E-state index in [9.17, 15) is 9.18 Å². The van der Waals surface area contributed by atoms with E-state index in [-0.39, 0.29) is 23.5 Å². The average molecular weight is 427 g/mol. The van der Waals surface area contributed by atoms with E-state index in [0.29, 0.717) is 27.7 Å². The molecule has 2 heterocycles. The predicted molar refractivity (Wildman–Crippen MR) is 110 cm³/mol. The topological polar surface area (TPSA) is 85.6 Å². The normalized spacial score (nSPS) is 13.7. The van der Waals surface area contributed by atoms with E-state index in [4.69, 9.17) is 0 Å². The standard InChI is InChI=1S/C19H15FN6OS2/c20-13-5-2-1-4-12(13)18-22-23-19(26(18)11-8-9-11)28-10-16(27)21-14-6-3-7-15-17(14)25-29-24-15/h1-7,11H,8-10H2,(H,21,27). The lowest BCUT2D eigenvalue weighted by Gasteiger charge is -2.09. The first-order valence-electron chi connectivity index (χ1n) is 9.04. The lowest BCUT2D eigenvalue weighted by Crippen LogP contribution is -2.15. The van der Waals surface area contributed by atoms with Crippen LogP contribution in [0.15, 0.2) is 47.6 Å². The van der Waals surface area contributed by atoms with Crippen molar-refractivity contribution in [1.29, 1.82) is 0 Å². The summed E-state index contributed by atoms with van der Waals surface area (Å²) in [6, 6.07) is 12.3. The summed E-state index contributed by atoms with van der Waals surface area (Å²) in [4.78, 5) is 12.5. The van der Waals surface area contributed by atoms with Crippen LogP contribution in [0.4, 0.5) is 10.1 Å². The van der Waals surface area contributed by atoms with Crippen molar-refractivity contribution in [2.24, 2.45) is 0 Å². The maximum absolute atomic E-state index is 14.2. The SMILES string of the molecule is O=C(CSc1nnc(-c2ccccc2F)n1C1CC1)Nc1cccc2nsnc12. The number of hydrogen-bond acceptors (Lipinski definition) is 7. The van der Waals surface area contributed by atoms with Gasteiger partial charge in [-0.1, -0.05) is 30.0 Å². The minimum absolute atomic E-state index is 0.163. The van der Waals surface area contributed by atoms with Crippen molar-refractivity contribution in [3.63, 3.8) is 0 Å². The molecule has 7 nitrogen and oxygen atoms in total. The molecule has 2 aromatic carbocycles. The van der Waals surface area contributed by atoms with Gasteiger partial charge in [0.05, 0.1) is 28.7 Å². The van der Waals surface area contributed by atoms with Crippen LogP contribution in [0, 0.1) is 5.82 Å². The van der Waals surface area contributed by atoms with Gasteiger partial charge in [0.1, 0.15) is 16.9 Å². The number of nitrogens with zero attached hydrogens (tertiary/aromatic N) is 5. The second kappa shape index (κ2) is 7.53. The highest BCUT2D eigenvalue weighted by Gasteiger charge is 2.31. The lowest BCUT2D eigenvalue weighted by atomic mass is 10.2. The van der Waals surface area contributed by atoms with Crippen LogP contribution in [0.5, 0.6) is 0 Å². The molecule has 0 unspecified atom stereocenters. The van der Waals surface area contributed by atoms with E-state index in [2.05, 4.69) is 24.3 Å². The summed E-state index contributed by atoms with van der Waals surface area (Å²) in [6.07, 6.45) is 2.00. The monoisotopic (exact) mass is 426 g/mol. The van der Waals surface area contributed by atoms with Gasteiger partial charge in [0.15, 0.2) is 11.0 Å². The fourth-order valence-electron chi connectivity index (χ4n) is 3.09. The molecule has 1 amide bonds. The molecule has 0 atom stereocenters. The highest BCUT2D eigenvalue weighted by molar-refractivity contribution is 7.99. The molecule has 1 fully saturated rings. The number of thioether (sulfide) groups is 1. The van der Waals surface area contributed by atoms with E-state index >= 15 is 0 Å². The van der Waals surface area contributed by atoms with Gasteiger partial charge in [-0.2, -0.15) is 8.75 Å². The molecule has 0 spiro atoms. The van der Waals surface area contributed by atoms with Crippen molar-refractivity contribution in [2.45, 2.75) is 24.0 Å². The molecule has 2 aromatic heterocycles. The zero-order valence-electron chi connectivity index (χ0n) is 15.1. The predicted octanol–water partition coefficient (Wildman–Crippen LogP) is 4.15. The second-order valence-electron chi connectivity index (χ2n) is 6.66. The first-order valence-corrected chi connectivity index (χ1v) is 10.8. The molecule has 10 heteroatoms. The number of benzene rings is 2. The van der Waals surface area contributed by atoms with Crippen molar-refractivity contribution in [3.05, 3.63) is 48.3 Å². The minimum atomic E-state index is -0.332. The lowest BCUT2D eigenvalue weighted by molar-refractivity contribution is -0.113. The third kappa shape index (κ3) is 3.60. The quantitative estimate of drug-likeness (QED) is 0.466. The Labute approximate surface area is 173 Å². The number of anilines is 1. The molecule has 146 valence electrons. The van der Waals surface area contributed by atoms with Crippen molar-refractivity contribution in [1.82, 2.24) is 23.5 Å². The fourth-order valence-corrected chi connectivity index (χ4v) is 4.44. The number of rotatable bonds is 6. The molecule has 0 radical (unpaired) electrons. The first kappa shape index (κ1) is 18.2. The van der Waals surface area contributed by atoms with E-state index < -0.39 is 0 Å². The summed E-state index contributed by atoms with van der Waals surface area (Å²) >= 11 is 2.40. The molecular formula is C19H15FN6OS2. The number of hydrogen-bond donors (Lipinski definition) is 1. The van der Waals surface area contributed by atoms with Gasteiger partial charge in [-0.3, -0.25) is 9.36 Å². The van der Waals surface area contributed by atoms with E-state index in [1.165, 1.54) is 17.8 Å². The third-order valence-corrected chi connectivity index (χ3v) is 6.07. The Hall–Kier alpha value is -2.85. The molecule has 1 aliphatic carbocycles. The third-order valence-electron chi connectivity index (χ3n) is 4.58. The summed E-state index contributed by atoms with van der Waals surface area (Å²) in [5.74, 6) is 0.164. The van der Waals surface area contributed by atoms with Crippen LogP contribution in [-0.4, -0.2) is 35.2 Å². The number of amides is 1. The summed E-state index contributed by atoms with van der Waals surface area (Å²) < 4.78 is 24.6. The number of fused-ring (bicyclic) bond motifs is 1. The number of nitrogens with one attached hydrogen (secondary N) is 1. The molecule has 29 heavy (non-hydrogen) atoms. The van der Waals surface area contributed by atoms with Gasteiger partial charge < -0.3 is 5.32 Å². The molecule has 5 rings (SSSR count). The Morgan fingerprint density at radius 2 is 2.03 bits per heavy atom. The molecular weight excluding hydrogens is 411 g/mol. The van der Waals surface area contributed by atoms with Gasteiger partial charge >= 0.3 is 0 Å². The summed E-state index contributed by atoms with van der Waals surface area (Å²) in [7, 11) is 0. The number of carbonyl (C=O) groups is 1. The van der Waals surface area contributed by atoms with Crippen molar-refractivity contribution in [3.8, 4) is 11.4 Å². The van der Waals surface area contributed by atoms with E-state index in [1.54, 1.807) is 24.3 Å². The highest BCUT2D eigenvalue weighted by Crippen LogP contribution is 2.41. The molecule has 4 aromatic rings. The van der Waals surface area contributed by atoms with E-state index in [1.807, 2.05) is 16.7 Å². The Kier molecular flexibility index (Phi) is 4.72. The van der Waals surface area contributed by atoms with Gasteiger partial charge in [0, 0.05) is 6.04 Å². The Morgan fingerprint density at radius 1 is 1.17 bits per heavy atom. The number of carbonyl (C=O) groups excluding carboxylic acids is 1. The molecule has 0 saturated heterocycles. The zero-order valence-corrected chi connectivity index (χ0v) is 16.7. The highest BCUT2D eigenvalue weighted by atomic mass is 32.2. The summed E-state index contributed by atoms with van der Waals surface area (Å²) in [5, 5.41) is 11.9. The summed E-state index contributed by atoms with van der Waals surface area (Å²) in [5.41, 5.74) is 2.49. The van der Waals surface area contributed by atoms with Crippen LogP contribution in [0.25, 0.3) is 22.4 Å². The Bertz CT molecular complexity index is 1200. The molecule has 0 aliphatic heterocycles. The number of aromatic nitrogens is 5. The smallest absolute Gasteiger partial charge is 0.234 e. The second-order valence-corrected chi connectivity index (χ2v) is 8.13. The fraction of sp³-hybridized carbons (Fsp3) is 0.211. The van der Waals surface area contributed by atoms with Gasteiger partial charge in [-0.15, -0.1) is 10.2 Å². The maximum atomic E-state index is 14.2. The van der Waals surface area contributed by atoms with Crippen LogP contribution in [0.2, 0.25) is 0 Å². The first-order chi connectivity index (χ1) is 14.2. The largest absolute Gasteiger partial charge is 0.323 e. The molecule has 1 saturated carbocycles. The van der Waals surface area contributed by atoms with Crippen molar-refractivity contribution >= 4 is 46.1 Å². The Balaban J connectivity index is 1.34. The molecule has 1 aliphatic rings. The van der Waals surface area contributed by atoms with Crippen LogP contribution < -0.4 is 5.32 Å². The number of halogens is 1. The molecule has 1 N–H and O–H groups in total. The van der Waals surface area contributed by atoms with Crippen LogP contribution in [-0.2, 0) is 4.79 Å². The van der Waals surface area contributed by atoms with Crippen LogP contribution in [0.3, 0.4) is 0 Å². The van der Waals surface area contributed by atoms with Gasteiger partial charge in [-0.05, 0) is 37.1 Å². The van der Waals surface area contributed by atoms with E-state index in [0.717, 1.165) is 30.1 Å². The zero-order chi connectivity index (χ0) is 19.8. The van der Waals surface area contributed by atoms with Crippen molar-refractivity contribution < 1.29 is 9.18 Å². The van der Waals surface area contributed by atoms with Gasteiger partial charge in [0.2, 0.25) is 5.91 Å².